The summed E-state index contributed by atoms with van der Waals surface area (Å²) in [7, 11) is 0. The first-order valence-corrected chi connectivity index (χ1v) is 11.2. The second-order valence-corrected chi connectivity index (χ2v) is 9.04. The fourth-order valence-electron chi connectivity index (χ4n) is 4.27. The second-order valence-electron chi connectivity index (χ2n) is 8.01. The summed E-state index contributed by atoms with van der Waals surface area (Å²) >= 11 is 1.72. The fourth-order valence-corrected chi connectivity index (χ4v) is 5.35. The standard InChI is InChI=1S/C23H25FN4OS/c1-16(29)14-26-10-12-27(13-11-26)23-25-22-21(19-4-2-3-5-20(19)30-22)28(23)15-17-6-8-18(24)9-7-17/h2-9,16,29H,10-15H2,1H3. The van der Waals surface area contributed by atoms with Gasteiger partial charge in [0.1, 0.15) is 10.6 Å². The molecule has 1 aliphatic rings. The molecule has 5 rings (SSSR count). The van der Waals surface area contributed by atoms with Gasteiger partial charge in [-0.15, -0.1) is 11.3 Å². The number of aliphatic hydroxyl groups is 1. The number of aliphatic hydroxyl groups excluding tert-OH is 1. The summed E-state index contributed by atoms with van der Waals surface area (Å²) in [5.41, 5.74) is 2.21. The first-order chi connectivity index (χ1) is 14.6. The summed E-state index contributed by atoms with van der Waals surface area (Å²) in [6.45, 7) is 6.75. The Labute approximate surface area is 179 Å². The fraction of sp³-hybridized carbons (Fsp3) is 0.348. The van der Waals surface area contributed by atoms with E-state index in [9.17, 15) is 9.50 Å². The molecule has 1 saturated heterocycles. The summed E-state index contributed by atoms with van der Waals surface area (Å²) in [4.78, 5) is 10.7. The highest BCUT2D eigenvalue weighted by Gasteiger charge is 2.24. The van der Waals surface area contributed by atoms with Gasteiger partial charge in [-0.25, -0.2) is 9.37 Å². The Balaban J connectivity index is 1.53. The number of hydrogen-bond acceptors (Lipinski definition) is 5. The molecule has 3 heterocycles. The van der Waals surface area contributed by atoms with E-state index in [1.54, 1.807) is 11.3 Å². The van der Waals surface area contributed by atoms with E-state index in [4.69, 9.17) is 4.98 Å². The maximum atomic E-state index is 13.4. The molecule has 2 aromatic heterocycles. The van der Waals surface area contributed by atoms with Crippen LogP contribution >= 0.6 is 11.3 Å². The lowest BCUT2D eigenvalue weighted by Gasteiger charge is -2.36. The molecule has 1 aliphatic heterocycles. The Morgan fingerprint density at radius 2 is 1.80 bits per heavy atom. The molecule has 0 saturated carbocycles. The summed E-state index contributed by atoms with van der Waals surface area (Å²) in [6, 6.07) is 15.1. The number of piperazine rings is 1. The van der Waals surface area contributed by atoms with Crippen LogP contribution in [0.2, 0.25) is 0 Å². The first kappa shape index (κ1) is 19.5. The lowest BCUT2D eigenvalue weighted by molar-refractivity contribution is 0.122. The minimum Gasteiger partial charge on any atom is -0.392 e. The molecule has 0 radical (unpaired) electrons. The molecule has 0 bridgehead atoms. The molecule has 0 amide bonds. The van der Waals surface area contributed by atoms with Crippen LogP contribution in [0.15, 0.2) is 48.5 Å². The number of imidazole rings is 1. The number of thiophene rings is 1. The third kappa shape index (κ3) is 3.69. The van der Waals surface area contributed by atoms with Crippen LogP contribution in [-0.4, -0.2) is 58.4 Å². The van der Waals surface area contributed by atoms with Crippen molar-refractivity contribution in [2.75, 3.05) is 37.6 Å². The lowest BCUT2D eigenvalue weighted by atomic mass is 10.2. The third-order valence-electron chi connectivity index (χ3n) is 5.70. The predicted octanol–water partition coefficient (Wildman–Crippen LogP) is 3.94. The monoisotopic (exact) mass is 424 g/mol. The van der Waals surface area contributed by atoms with Crippen LogP contribution in [0, 0.1) is 5.82 Å². The van der Waals surface area contributed by atoms with Gasteiger partial charge in [0.2, 0.25) is 5.95 Å². The first-order valence-electron chi connectivity index (χ1n) is 10.4. The molecule has 30 heavy (non-hydrogen) atoms. The number of benzene rings is 2. The normalized spacial score (nSPS) is 16.6. The van der Waals surface area contributed by atoms with Crippen LogP contribution in [0.25, 0.3) is 20.4 Å². The molecule has 4 aromatic rings. The van der Waals surface area contributed by atoms with Crippen molar-refractivity contribution in [2.45, 2.75) is 19.6 Å². The number of nitrogens with zero attached hydrogens (tertiary/aromatic N) is 4. The average molecular weight is 425 g/mol. The van der Waals surface area contributed by atoms with Crippen LogP contribution in [-0.2, 0) is 6.54 Å². The molecule has 0 aliphatic carbocycles. The Morgan fingerprint density at radius 1 is 1.07 bits per heavy atom. The zero-order valence-corrected chi connectivity index (χ0v) is 17.8. The number of β-amino-alcohol motifs (C(OH)–C–C–N with tert-alkyl or cyclic N) is 1. The maximum Gasteiger partial charge on any atom is 0.207 e. The third-order valence-corrected chi connectivity index (χ3v) is 6.75. The van der Waals surface area contributed by atoms with Gasteiger partial charge in [-0.1, -0.05) is 30.3 Å². The van der Waals surface area contributed by atoms with E-state index in [1.807, 2.05) is 19.1 Å². The van der Waals surface area contributed by atoms with E-state index in [-0.39, 0.29) is 11.9 Å². The topological polar surface area (TPSA) is 44.5 Å². The second kappa shape index (κ2) is 7.98. The largest absolute Gasteiger partial charge is 0.392 e. The van der Waals surface area contributed by atoms with Gasteiger partial charge >= 0.3 is 0 Å². The Bertz CT molecular complexity index is 1160. The van der Waals surface area contributed by atoms with Gasteiger partial charge in [-0.05, 0) is 30.7 Å². The van der Waals surface area contributed by atoms with Crippen molar-refractivity contribution in [1.29, 1.82) is 0 Å². The summed E-state index contributed by atoms with van der Waals surface area (Å²) < 4.78 is 16.9. The van der Waals surface area contributed by atoms with Crippen LogP contribution in [0.1, 0.15) is 12.5 Å². The number of rotatable bonds is 5. The molecule has 1 unspecified atom stereocenters. The lowest BCUT2D eigenvalue weighted by Crippen LogP contribution is -2.49. The molecule has 0 spiro atoms. The Morgan fingerprint density at radius 3 is 2.53 bits per heavy atom. The van der Waals surface area contributed by atoms with Crippen molar-refractivity contribution in [2.24, 2.45) is 0 Å². The summed E-state index contributed by atoms with van der Waals surface area (Å²) in [6.07, 6.45) is -0.311. The molecule has 1 N–H and O–H groups in total. The van der Waals surface area contributed by atoms with Crippen molar-refractivity contribution in [3.8, 4) is 0 Å². The molecule has 5 nitrogen and oxygen atoms in total. The number of anilines is 1. The number of halogens is 1. The van der Waals surface area contributed by atoms with E-state index >= 15 is 0 Å². The van der Waals surface area contributed by atoms with Crippen molar-refractivity contribution < 1.29 is 9.50 Å². The molecule has 2 aromatic carbocycles. The quantitative estimate of drug-likeness (QED) is 0.527. The van der Waals surface area contributed by atoms with Crippen LogP contribution in [0.3, 0.4) is 0 Å². The van der Waals surface area contributed by atoms with Crippen LogP contribution < -0.4 is 4.90 Å². The van der Waals surface area contributed by atoms with Gasteiger partial charge in [0.25, 0.3) is 0 Å². The minimum atomic E-state index is -0.311. The summed E-state index contributed by atoms with van der Waals surface area (Å²) in [5.74, 6) is 0.757. The number of aromatic nitrogens is 2. The van der Waals surface area contributed by atoms with Gasteiger partial charge in [0, 0.05) is 42.8 Å². The van der Waals surface area contributed by atoms with E-state index in [0.717, 1.165) is 48.0 Å². The molecule has 1 atom stereocenters. The van der Waals surface area contributed by atoms with E-state index in [1.165, 1.54) is 22.2 Å². The Kier molecular flexibility index (Phi) is 5.18. The van der Waals surface area contributed by atoms with E-state index < -0.39 is 0 Å². The van der Waals surface area contributed by atoms with Crippen molar-refractivity contribution in [1.82, 2.24) is 14.5 Å². The van der Waals surface area contributed by atoms with Gasteiger partial charge < -0.3 is 14.6 Å². The molecular formula is C23H25FN4OS. The molecule has 7 heteroatoms. The van der Waals surface area contributed by atoms with E-state index in [2.05, 4.69) is 38.6 Å². The smallest absolute Gasteiger partial charge is 0.207 e. The van der Waals surface area contributed by atoms with Gasteiger partial charge in [0.05, 0.1) is 18.2 Å². The van der Waals surface area contributed by atoms with Crippen molar-refractivity contribution in [3.05, 3.63) is 59.9 Å². The highest BCUT2D eigenvalue weighted by molar-refractivity contribution is 7.25. The molecular weight excluding hydrogens is 399 g/mol. The molecule has 156 valence electrons. The molecule has 1 fully saturated rings. The SMILES string of the molecule is CC(O)CN1CCN(c2nc3sc4ccccc4c3n2Cc2ccc(F)cc2)CC1. The average Bonchev–Trinajstić information content (AvgIpc) is 3.26. The van der Waals surface area contributed by atoms with Crippen LogP contribution in [0.5, 0.6) is 0 Å². The minimum absolute atomic E-state index is 0.218. The zero-order chi connectivity index (χ0) is 20.7. The zero-order valence-electron chi connectivity index (χ0n) is 17.0. The Hall–Kier alpha value is -2.48. The van der Waals surface area contributed by atoms with E-state index in [0.29, 0.717) is 13.1 Å². The van der Waals surface area contributed by atoms with Crippen molar-refractivity contribution in [3.63, 3.8) is 0 Å². The number of hydrogen-bond donors (Lipinski definition) is 1. The maximum absolute atomic E-state index is 13.4. The van der Waals surface area contributed by atoms with Gasteiger partial charge in [-0.2, -0.15) is 0 Å². The highest BCUT2D eigenvalue weighted by atomic mass is 32.1. The van der Waals surface area contributed by atoms with Crippen LogP contribution in [0.4, 0.5) is 10.3 Å². The van der Waals surface area contributed by atoms with Gasteiger partial charge in [0.15, 0.2) is 0 Å². The predicted molar refractivity (Wildman–Crippen MR) is 121 cm³/mol. The number of fused-ring (bicyclic) bond motifs is 3. The summed E-state index contributed by atoms with van der Waals surface area (Å²) in [5, 5.41) is 10.9. The van der Waals surface area contributed by atoms with Crippen molar-refractivity contribution >= 4 is 37.7 Å². The van der Waals surface area contributed by atoms with Gasteiger partial charge in [-0.3, -0.25) is 4.90 Å². The highest BCUT2D eigenvalue weighted by Crippen LogP contribution is 2.37.